The molecular weight excluding hydrogens is 458 g/mol. The maximum absolute atomic E-state index is 13.0. The van der Waals surface area contributed by atoms with Crippen molar-refractivity contribution in [2.45, 2.75) is 18.7 Å². The molecule has 1 N–H and O–H groups in total. The highest BCUT2D eigenvalue weighted by Crippen LogP contribution is 2.42. The Morgan fingerprint density at radius 1 is 1.09 bits per heavy atom. The normalized spacial score (nSPS) is 19.6. The number of anilines is 3. The van der Waals surface area contributed by atoms with Gasteiger partial charge < -0.3 is 20.0 Å². The summed E-state index contributed by atoms with van der Waals surface area (Å²) >= 11 is 1.29. The maximum atomic E-state index is 13.0. The fourth-order valence-electron chi connectivity index (χ4n) is 4.37. The van der Waals surface area contributed by atoms with Crippen LogP contribution in [-0.2, 0) is 10.0 Å². The number of sulfonamides is 1. The van der Waals surface area contributed by atoms with E-state index >= 15 is 0 Å². The summed E-state index contributed by atoms with van der Waals surface area (Å²) in [7, 11) is -3.40. The third-order valence-corrected chi connectivity index (χ3v) is 8.68. The number of hydrogen-bond acceptors (Lipinski definition) is 7. The number of piperazine rings is 1. The minimum Gasteiger partial charge on any atom is -0.369 e. The van der Waals surface area contributed by atoms with E-state index in [-0.39, 0.29) is 11.7 Å². The van der Waals surface area contributed by atoms with Crippen molar-refractivity contribution in [2.75, 3.05) is 60.1 Å². The van der Waals surface area contributed by atoms with Crippen molar-refractivity contribution < 1.29 is 13.2 Å². The number of carbonyl (C=O) groups excluding carboxylic acids is 1. The van der Waals surface area contributed by atoms with Gasteiger partial charge in [0.2, 0.25) is 0 Å². The van der Waals surface area contributed by atoms with Gasteiger partial charge in [-0.15, -0.1) is 4.40 Å². The van der Waals surface area contributed by atoms with Crippen molar-refractivity contribution in [3.8, 4) is 0 Å². The molecule has 1 saturated heterocycles. The predicted molar refractivity (Wildman–Crippen MR) is 134 cm³/mol. The molecule has 2 aromatic rings. The number of fused-ring (bicyclic) bond motifs is 3. The van der Waals surface area contributed by atoms with Gasteiger partial charge in [-0.2, -0.15) is 0 Å². The standard InChI is InChI=1S/C23H27N5O3S2/c1-3-26-8-10-27(11-9-26)18-5-6-19(16(2)14-18)24-22(29)17-4-7-20-21(15-17)32-23-25-33(30,31)13-12-28(20)23/h4-7,14-15H,3,8-13H2,1-2H3,(H,24,29). The van der Waals surface area contributed by atoms with Crippen molar-refractivity contribution in [1.82, 2.24) is 4.90 Å². The van der Waals surface area contributed by atoms with Crippen molar-refractivity contribution in [3.63, 3.8) is 0 Å². The van der Waals surface area contributed by atoms with Crippen LogP contribution in [0.5, 0.6) is 0 Å². The van der Waals surface area contributed by atoms with Gasteiger partial charge in [0.25, 0.3) is 15.9 Å². The van der Waals surface area contributed by atoms with E-state index in [0.717, 1.165) is 54.6 Å². The van der Waals surface area contributed by atoms with Gasteiger partial charge in [0.15, 0.2) is 5.17 Å². The lowest BCUT2D eigenvalue weighted by Crippen LogP contribution is -2.46. The number of amides is 1. The van der Waals surface area contributed by atoms with E-state index in [1.165, 1.54) is 17.4 Å². The molecule has 0 radical (unpaired) electrons. The van der Waals surface area contributed by atoms with Crippen LogP contribution in [0, 0.1) is 6.92 Å². The molecule has 174 valence electrons. The minimum absolute atomic E-state index is 0.00228. The smallest absolute Gasteiger partial charge is 0.257 e. The first kappa shape index (κ1) is 22.2. The van der Waals surface area contributed by atoms with Crippen LogP contribution in [0.1, 0.15) is 22.8 Å². The number of likely N-dealkylation sites (N-methyl/N-ethyl adjacent to an activating group) is 1. The molecule has 0 saturated carbocycles. The highest BCUT2D eigenvalue weighted by atomic mass is 32.2. The second kappa shape index (κ2) is 8.66. The van der Waals surface area contributed by atoms with Crippen LogP contribution in [0.2, 0.25) is 0 Å². The number of amidine groups is 1. The summed E-state index contributed by atoms with van der Waals surface area (Å²) < 4.78 is 27.5. The molecule has 3 heterocycles. The minimum atomic E-state index is -3.40. The average molecular weight is 486 g/mol. The monoisotopic (exact) mass is 485 g/mol. The number of thioether (sulfide) groups is 1. The lowest BCUT2D eigenvalue weighted by atomic mass is 10.1. The number of carbonyl (C=O) groups is 1. The molecule has 3 aliphatic rings. The lowest BCUT2D eigenvalue weighted by Gasteiger charge is -2.35. The number of nitrogens with zero attached hydrogens (tertiary/aromatic N) is 4. The lowest BCUT2D eigenvalue weighted by molar-refractivity contribution is 0.102. The zero-order valence-electron chi connectivity index (χ0n) is 18.7. The van der Waals surface area contributed by atoms with E-state index in [1.54, 1.807) is 12.1 Å². The van der Waals surface area contributed by atoms with Crippen molar-refractivity contribution in [1.29, 1.82) is 0 Å². The van der Waals surface area contributed by atoms with Crippen LogP contribution in [0.3, 0.4) is 0 Å². The van der Waals surface area contributed by atoms with Gasteiger partial charge in [0, 0.05) is 54.6 Å². The zero-order chi connectivity index (χ0) is 23.2. The molecule has 5 rings (SSSR count). The molecule has 0 aromatic heterocycles. The van der Waals surface area contributed by atoms with Crippen molar-refractivity contribution >= 4 is 49.9 Å². The van der Waals surface area contributed by atoms with Gasteiger partial charge in [0.1, 0.15) is 0 Å². The van der Waals surface area contributed by atoms with E-state index in [1.807, 2.05) is 24.0 Å². The third kappa shape index (κ3) is 4.47. The van der Waals surface area contributed by atoms with Crippen molar-refractivity contribution in [3.05, 3.63) is 47.5 Å². The molecule has 0 unspecified atom stereocenters. The highest BCUT2D eigenvalue weighted by molar-refractivity contribution is 8.15. The molecule has 2 aromatic carbocycles. The Balaban J connectivity index is 1.29. The Morgan fingerprint density at radius 3 is 2.61 bits per heavy atom. The highest BCUT2D eigenvalue weighted by Gasteiger charge is 2.33. The SMILES string of the molecule is CCN1CCN(c2ccc(NC(=O)c3ccc4c(c3)SC3=NS(=O)(=O)CCN34)c(C)c2)CC1. The first-order valence-electron chi connectivity index (χ1n) is 11.1. The number of rotatable bonds is 4. The maximum Gasteiger partial charge on any atom is 0.257 e. The Morgan fingerprint density at radius 2 is 1.88 bits per heavy atom. The summed E-state index contributed by atoms with van der Waals surface area (Å²) in [6, 6.07) is 11.6. The van der Waals surface area contributed by atoms with Crippen molar-refractivity contribution in [2.24, 2.45) is 4.40 Å². The summed E-state index contributed by atoms with van der Waals surface area (Å²) in [6.07, 6.45) is 0. The summed E-state index contributed by atoms with van der Waals surface area (Å²) in [6.45, 7) is 9.83. The van der Waals surface area contributed by atoms with Crippen LogP contribution in [0.25, 0.3) is 0 Å². The Hall–Kier alpha value is -2.56. The fraction of sp³-hybridized carbons (Fsp3) is 0.391. The van der Waals surface area contributed by atoms with Gasteiger partial charge >= 0.3 is 0 Å². The Bertz CT molecular complexity index is 1240. The number of nitrogens with one attached hydrogen (secondary N) is 1. The molecule has 0 spiro atoms. The topological polar surface area (TPSA) is 85.3 Å². The van der Waals surface area contributed by atoms with Gasteiger partial charge in [-0.25, -0.2) is 8.42 Å². The molecule has 0 bridgehead atoms. The largest absolute Gasteiger partial charge is 0.369 e. The number of hydrogen-bond donors (Lipinski definition) is 1. The van der Waals surface area contributed by atoms with Crippen LogP contribution < -0.4 is 15.1 Å². The molecular formula is C23H27N5O3S2. The first-order valence-corrected chi connectivity index (χ1v) is 13.6. The molecule has 33 heavy (non-hydrogen) atoms. The van der Waals surface area contributed by atoms with E-state index in [4.69, 9.17) is 0 Å². The molecule has 8 nitrogen and oxygen atoms in total. The second-order valence-corrected chi connectivity index (χ2v) is 11.2. The van der Waals surface area contributed by atoms with E-state index in [0.29, 0.717) is 17.3 Å². The first-order chi connectivity index (χ1) is 15.8. The Labute approximate surface area is 198 Å². The van der Waals surface area contributed by atoms with Gasteiger partial charge in [-0.1, -0.05) is 6.92 Å². The summed E-state index contributed by atoms with van der Waals surface area (Å²) in [5, 5.41) is 3.48. The van der Waals surface area contributed by atoms with Crippen LogP contribution in [0.4, 0.5) is 17.1 Å². The number of aryl methyl sites for hydroxylation is 1. The molecule has 1 amide bonds. The average Bonchev–Trinajstić information content (AvgIpc) is 3.15. The molecule has 0 atom stereocenters. The molecule has 3 aliphatic heterocycles. The van der Waals surface area contributed by atoms with Crippen LogP contribution in [-0.4, -0.2) is 69.4 Å². The van der Waals surface area contributed by atoms with Crippen LogP contribution in [0.15, 0.2) is 45.7 Å². The summed E-state index contributed by atoms with van der Waals surface area (Å²) in [4.78, 5) is 20.5. The number of benzene rings is 2. The molecule has 0 aliphatic carbocycles. The van der Waals surface area contributed by atoms with E-state index in [9.17, 15) is 13.2 Å². The zero-order valence-corrected chi connectivity index (χ0v) is 20.4. The fourth-order valence-corrected chi connectivity index (χ4v) is 6.67. The summed E-state index contributed by atoms with van der Waals surface area (Å²) in [5.41, 5.74) is 4.42. The summed E-state index contributed by atoms with van der Waals surface area (Å²) in [5.74, 6) is -0.187. The quantitative estimate of drug-likeness (QED) is 0.713. The van der Waals surface area contributed by atoms with Gasteiger partial charge in [0.05, 0.1) is 11.4 Å². The van der Waals surface area contributed by atoms with E-state index < -0.39 is 10.0 Å². The third-order valence-electron chi connectivity index (χ3n) is 6.38. The predicted octanol–water partition coefficient (Wildman–Crippen LogP) is 3.00. The van der Waals surface area contributed by atoms with E-state index in [2.05, 4.69) is 38.6 Å². The van der Waals surface area contributed by atoms with Gasteiger partial charge in [-0.05, 0) is 67.2 Å². The second-order valence-electron chi connectivity index (χ2n) is 8.47. The Kier molecular flexibility index (Phi) is 5.84. The molecule has 10 heteroatoms. The molecule has 1 fully saturated rings. The van der Waals surface area contributed by atoms with Gasteiger partial charge in [-0.3, -0.25) is 4.79 Å². The van der Waals surface area contributed by atoms with Crippen LogP contribution >= 0.6 is 11.8 Å².